The molecule has 0 spiro atoms. The van der Waals surface area contributed by atoms with Crippen LogP contribution in [0, 0.1) is 0 Å². The van der Waals surface area contributed by atoms with Crippen LogP contribution in [0.15, 0.2) is 64.8 Å². The second kappa shape index (κ2) is 6.76. The number of fused-ring (bicyclic) bond motifs is 1. The highest BCUT2D eigenvalue weighted by atomic mass is 32.1. The zero-order chi connectivity index (χ0) is 18.1. The van der Waals surface area contributed by atoms with Gasteiger partial charge in [-0.2, -0.15) is 5.11 Å². The van der Waals surface area contributed by atoms with E-state index in [-0.39, 0.29) is 18.0 Å². The first-order valence-corrected chi connectivity index (χ1v) is 8.82. The molecule has 0 saturated carbocycles. The van der Waals surface area contributed by atoms with Crippen LogP contribution in [0.3, 0.4) is 0 Å². The lowest BCUT2D eigenvalue weighted by atomic mass is 10.1. The largest absolute Gasteiger partial charge is 0.291 e. The van der Waals surface area contributed by atoms with Crippen LogP contribution in [0.4, 0.5) is 5.69 Å². The summed E-state index contributed by atoms with van der Waals surface area (Å²) in [5.74, 6) is -0.455. The van der Waals surface area contributed by atoms with Crippen molar-refractivity contribution in [3.05, 3.63) is 65.7 Å². The lowest BCUT2D eigenvalue weighted by Gasteiger charge is -2.23. The number of benzene rings is 2. The summed E-state index contributed by atoms with van der Waals surface area (Å²) >= 11 is 5.29. The topological polar surface area (TPSA) is 65.3 Å². The standard InChI is InChI=1S/C19H16N4O2S/c24-17-14-9-4-5-10-15(14)18(25)22(17)12-6-11-16-20-21-19(26)23(16)13-7-2-1-3-8-13/h1-5,7-10,16H,6,11-12H2/t16-/m0/s1. The molecule has 0 saturated heterocycles. The van der Waals surface area contributed by atoms with Gasteiger partial charge in [0.1, 0.15) is 6.17 Å². The Morgan fingerprint density at radius 2 is 1.54 bits per heavy atom. The summed E-state index contributed by atoms with van der Waals surface area (Å²) in [4.78, 5) is 28.0. The summed E-state index contributed by atoms with van der Waals surface area (Å²) < 4.78 is 0. The molecular weight excluding hydrogens is 348 g/mol. The first kappa shape index (κ1) is 16.5. The fourth-order valence-corrected chi connectivity index (χ4v) is 3.55. The van der Waals surface area contributed by atoms with E-state index >= 15 is 0 Å². The third-order valence-corrected chi connectivity index (χ3v) is 4.82. The van der Waals surface area contributed by atoms with Crippen LogP contribution in [0.25, 0.3) is 0 Å². The predicted molar refractivity (Wildman–Crippen MR) is 101 cm³/mol. The van der Waals surface area contributed by atoms with Crippen LogP contribution in [0.1, 0.15) is 33.6 Å². The molecule has 2 aliphatic heterocycles. The third kappa shape index (κ3) is 2.80. The number of anilines is 1. The fraction of sp³-hybridized carbons (Fsp3) is 0.211. The number of azo groups is 1. The lowest BCUT2D eigenvalue weighted by molar-refractivity contribution is 0.0651. The second-order valence-electron chi connectivity index (χ2n) is 6.13. The maximum atomic E-state index is 12.4. The molecule has 2 aromatic carbocycles. The van der Waals surface area contributed by atoms with Crippen LogP contribution >= 0.6 is 12.2 Å². The number of imide groups is 1. The molecule has 7 heteroatoms. The molecule has 0 aromatic heterocycles. The van der Waals surface area contributed by atoms with Gasteiger partial charge in [0.05, 0.1) is 11.1 Å². The van der Waals surface area contributed by atoms with Gasteiger partial charge in [0.15, 0.2) is 0 Å². The lowest BCUT2D eigenvalue weighted by Crippen LogP contribution is -2.35. The van der Waals surface area contributed by atoms with Gasteiger partial charge in [0.2, 0.25) is 5.11 Å². The number of nitrogens with zero attached hydrogens (tertiary/aromatic N) is 4. The highest BCUT2D eigenvalue weighted by molar-refractivity contribution is 7.80. The maximum absolute atomic E-state index is 12.4. The molecule has 2 aromatic rings. The average Bonchev–Trinajstić information content (AvgIpc) is 3.15. The summed E-state index contributed by atoms with van der Waals surface area (Å²) in [6.07, 6.45) is 1.06. The minimum Gasteiger partial charge on any atom is -0.291 e. The van der Waals surface area contributed by atoms with Crippen molar-refractivity contribution in [2.24, 2.45) is 10.2 Å². The minimum absolute atomic E-state index is 0.208. The summed E-state index contributed by atoms with van der Waals surface area (Å²) in [5.41, 5.74) is 1.89. The van der Waals surface area contributed by atoms with Crippen molar-refractivity contribution in [1.82, 2.24) is 4.90 Å². The number of carbonyl (C=O) groups excluding carboxylic acids is 2. The fourth-order valence-electron chi connectivity index (χ4n) is 3.28. The van der Waals surface area contributed by atoms with E-state index in [0.717, 1.165) is 5.69 Å². The number of hydrogen-bond acceptors (Lipinski definition) is 4. The molecular formula is C19H16N4O2S. The van der Waals surface area contributed by atoms with Gasteiger partial charge >= 0.3 is 0 Å². The van der Waals surface area contributed by atoms with Crippen LogP contribution in [-0.4, -0.2) is 34.5 Å². The Labute approximate surface area is 156 Å². The van der Waals surface area contributed by atoms with E-state index in [1.807, 2.05) is 35.2 Å². The van der Waals surface area contributed by atoms with Crippen molar-refractivity contribution in [2.45, 2.75) is 19.0 Å². The Morgan fingerprint density at radius 3 is 2.19 bits per heavy atom. The van der Waals surface area contributed by atoms with Crippen LogP contribution < -0.4 is 4.90 Å². The van der Waals surface area contributed by atoms with Crippen LogP contribution in [-0.2, 0) is 0 Å². The number of hydrogen-bond donors (Lipinski definition) is 0. The van der Waals surface area contributed by atoms with Gasteiger partial charge in [-0.3, -0.25) is 19.4 Å². The van der Waals surface area contributed by atoms with Crippen molar-refractivity contribution in [1.29, 1.82) is 0 Å². The number of rotatable bonds is 5. The molecule has 26 heavy (non-hydrogen) atoms. The summed E-state index contributed by atoms with van der Waals surface area (Å²) in [5, 5.41) is 8.69. The Hall–Kier alpha value is -2.93. The SMILES string of the molecule is O=C1c2ccccc2C(=O)N1CCC[C@H]1N=NC(=S)N1c1ccccc1. The molecule has 0 fully saturated rings. The van der Waals surface area contributed by atoms with E-state index in [2.05, 4.69) is 10.2 Å². The molecule has 4 rings (SSSR count). The van der Waals surface area contributed by atoms with Crippen molar-refractivity contribution in [2.75, 3.05) is 11.4 Å². The number of para-hydroxylation sites is 1. The first-order chi connectivity index (χ1) is 12.7. The molecule has 6 nitrogen and oxygen atoms in total. The smallest absolute Gasteiger partial charge is 0.261 e. The van der Waals surface area contributed by atoms with E-state index in [0.29, 0.717) is 35.6 Å². The van der Waals surface area contributed by atoms with E-state index in [1.165, 1.54) is 4.90 Å². The quantitative estimate of drug-likeness (QED) is 0.600. The molecule has 1 atom stereocenters. The Bertz CT molecular complexity index is 878. The number of thiocarbonyl (C=S) groups is 1. The molecule has 2 aliphatic rings. The summed E-state index contributed by atoms with van der Waals surface area (Å²) in [6, 6.07) is 16.6. The van der Waals surface area contributed by atoms with Gasteiger partial charge in [-0.05, 0) is 49.3 Å². The molecule has 0 unspecified atom stereocenters. The zero-order valence-electron chi connectivity index (χ0n) is 13.9. The van der Waals surface area contributed by atoms with Gasteiger partial charge in [-0.1, -0.05) is 30.3 Å². The van der Waals surface area contributed by atoms with Crippen molar-refractivity contribution in [3.63, 3.8) is 0 Å². The van der Waals surface area contributed by atoms with Crippen molar-refractivity contribution in [3.8, 4) is 0 Å². The Balaban J connectivity index is 1.41. The second-order valence-corrected chi connectivity index (χ2v) is 6.50. The van der Waals surface area contributed by atoms with Crippen molar-refractivity contribution >= 4 is 34.8 Å². The van der Waals surface area contributed by atoms with E-state index < -0.39 is 0 Å². The molecule has 130 valence electrons. The van der Waals surface area contributed by atoms with Gasteiger partial charge in [0, 0.05) is 12.2 Å². The predicted octanol–water partition coefficient (Wildman–Crippen LogP) is 3.65. The van der Waals surface area contributed by atoms with Gasteiger partial charge < -0.3 is 0 Å². The van der Waals surface area contributed by atoms with Gasteiger partial charge in [-0.15, -0.1) is 5.11 Å². The molecule has 2 amide bonds. The Morgan fingerprint density at radius 1 is 0.923 bits per heavy atom. The Kier molecular flexibility index (Phi) is 4.30. The van der Waals surface area contributed by atoms with E-state index in [1.54, 1.807) is 24.3 Å². The molecule has 2 heterocycles. The monoisotopic (exact) mass is 364 g/mol. The number of amides is 2. The minimum atomic E-state index is -0.228. The van der Waals surface area contributed by atoms with Gasteiger partial charge in [0.25, 0.3) is 11.8 Å². The highest BCUT2D eigenvalue weighted by Gasteiger charge is 2.35. The molecule has 0 bridgehead atoms. The number of carbonyl (C=O) groups is 2. The maximum Gasteiger partial charge on any atom is 0.261 e. The molecule has 0 radical (unpaired) electrons. The van der Waals surface area contributed by atoms with Gasteiger partial charge in [-0.25, -0.2) is 0 Å². The molecule has 0 N–H and O–H groups in total. The summed E-state index contributed by atoms with van der Waals surface area (Å²) in [6.45, 7) is 0.355. The summed E-state index contributed by atoms with van der Waals surface area (Å²) in [7, 11) is 0. The van der Waals surface area contributed by atoms with Crippen LogP contribution in [0.2, 0.25) is 0 Å². The van der Waals surface area contributed by atoms with Crippen LogP contribution in [0.5, 0.6) is 0 Å². The highest BCUT2D eigenvalue weighted by Crippen LogP contribution is 2.27. The van der Waals surface area contributed by atoms with Crippen molar-refractivity contribution < 1.29 is 9.59 Å². The molecule has 0 aliphatic carbocycles. The van der Waals surface area contributed by atoms with E-state index in [9.17, 15) is 9.59 Å². The third-order valence-electron chi connectivity index (χ3n) is 4.54. The average molecular weight is 364 g/mol. The van der Waals surface area contributed by atoms with E-state index in [4.69, 9.17) is 12.2 Å². The zero-order valence-corrected chi connectivity index (χ0v) is 14.7. The normalized spacial score (nSPS) is 18.8. The first-order valence-electron chi connectivity index (χ1n) is 8.41.